The van der Waals surface area contributed by atoms with Crippen molar-refractivity contribution in [1.82, 2.24) is 15.3 Å². The zero-order valence-corrected chi connectivity index (χ0v) is 9.94. The summed E-state index contributed by atoms with van der Waals surface area (Å²) in [5.74, 6) is 0.826. The number of rotatable bonds is 5. The summed E-state index contributed by atoms with van der Waals surface area (Å²) in [4.78, 5) is 19.1. The van der Waals surface area contributed by atoms with Crippen LogP contribution >= 0.6 is 23.4 Å². The van der Waals surface area contributed by atoms with Crippen LogP contribution in [0.15, 0.2) is 12.4 Å². The van der Waals surface area contributed by atoms with Crippen molar-refractivity contribution in [1.29, 1.82) is 0 Å². The highest BCUT2D eigenvalue weighted by Crippen LogP contribution is 2.01. The van der Waals surface area contributed by atoms with Crippen LogP contribution < -0.4 is 5.32 Å². The average molecular weight is 246 g/mol. The van der Waals surface area contributed by atoms with Gasteiger partial charge in [-0.2, -0.15) is 11.8 Å². The van der Waals surface area contributed by atoms with Gasteiger partial charge in [0.1, 0.15) is 10.8 Å². The number of thioether (sulfide) groups is 1. The van der Waals surface area contributed by atoms with Crippen molar-refractivity contribution >= 4 is 29.3 Å². The first-order chi connectivity index (χ1) is 7.24. The molecule has 0 aromatic carbocycles. The molecule has 0 saturated heterocycles. The predicted octanol–water partition coefficient (Wildman–Crippen LogP) is 1.61. The molecule has 1 heterocycles. The lowest BCUT2D eigenvalue weighted by atomic mass is 10.4. The van der Waals surface area contributed by atoms with Crippen molar-refractivity contribution in [3.8, 4) is 0 Å². The molecular formula is C9H12ClN3OS. The van der Waals surface area contributed by atoms with Crippen molar-refractivity contribution in [2.75, 3.05) is 18.6 Å². The summed E-state index contributed by atoms with van der Waals surface area (Å²) < 4.78 is 0. The summed E-state index contributed by atoms with van der Waals surface area (Å²) in [7, 11) is 0. The van der Waals surface area contributed by atoms with E-state index in [1.165, 1.54) is 12.4 Å². The van der Waals surface area contributed by atoms with Gasteiger partial charge in [0.25, 0.3) is 5.91 Å². The molecule has 82 valence electrons. The van der Waals surface area contributed by atoms with E-state index in [1.807, 2.05) is 6.26 Å². The minimum atomic E-state index is -0.208. The lowest BCUT2D eigenvalue weighted by Gasteiger charge is -2.03. The normalized spacial score (nSPS) is 10.0. The van der Waals surface area contributed by atoms with Crippen LogP contribution in [0.2, 0.25) is 5.15 Å². The zero-order chi connectivity index (χ0) is 11.1. The third-order valence-corrected chi connectivity index (χ3v) is 2.56. The van der Waals surface area contributed by atoms with Crippen LogP contribution in [0.3, 0.4) is 0 Å². The Morgan fingerprint density at radius 2 is 2.33 bits per heavy atom. The first-order valence-corrected chi connectivity index (χ1v) is 6.26. The summed E-state index contributed by atoms with van der Waals surface area (Å²) in [5, 5.41) is 3.04. The molecule has 0 aliphatic heterocycles. The van der Waals surface area contributed by atoms with E-state index in [2.05, 4.69) is 15.3 Å². The van der Waals surface area contributed by atoms with Crippen LogP contribution in [0.1, 0.15) is 16.9 Å². The summed E-state index contributed by atoms with van der Waals surface area (Å²) in [6, 6.07) is 0. The lowest BCUT2D eigenvalue weighted by Crippen LogP contribution is -2.25. The Labute approximate surface area is 97.8 Å². The number of nitrogens with one attached hydrogen (secondary N) is 1. The number of hydrogen-bond donors (Lipinski definition) is 1. The third kappa shape index (κ3) is 4.48. The minimum absolute atomic E-state index is 0.208. The van der Waals surface area contributed by atoms with E-state index >= 15 is 0 Å². The lowest BCUT2D eigenvalue weighted by molar-refractivity contribution is 0.0948. The molecule has 15 heavy (non-hydrogen) atoms. The largest absolute Gasteiger partial charge is 0.351 e. The van der Waals surface area contributed by atoms with Gasteiger partial charge in [-0.05, 0) is 18.4 Å². The van der Waals surface area contributed by atoms with Crippen molar-refractivity contribution < 1.29 is 4.79 Å². The number of carbonyl (C=O) groups excluding carboxylic acids is 1. The second kappa shape index (κ2) is 6.63. The van der Waals surface area contributed by atoms with Crippen LogP contribution in [0.4, 0.5) is 0 Å². The second-order valence-electron chi connectivity index (χ2n) is 2.83. The fourth-order valence-electron chi connectivity index (χ4n) is 0.939. The smallest absolute Gasteiger partial charge is 0.271 e. The van der Waals surface area contributed by atoms with Gasteiger partial charge in [-0.3, -0.25) is 4.79 Å². The van der Waals surface area contributed by atoms with Gasteiger partial charge in [0, 0.05) is 6.54 Å². The van der Waals surface area contributed by atoms with Gasteiger partial charge in [0.15, 0.2) is 0 Å². The molecule has 0 atom stereocenters. The Morgan fingerprint density at radius 1 is 1.53 bits per heavy atom. The monoisotopic (exact) mass is 245 g/mol. The highest BCUT2D eigenvalue weighted by molar-refractivity contribution is 7.98. The predicted molar refractivity (Wildman–Crippen MR) is 62.4 cm³/mol. The van der Waals surface area contributed by atoms with E-state index in [0.717, 1.165) is 12.2 Å². The van der Waals surface area contributed by atoms with Crippen LogP contribution in [-0.2, 0) is 0 Å². The van der Waals surface area contributed by atoms with Crippen molar-refractivity contribution in [2.45, 2.75) is 6.42 Å². The molecule has 0 saturated carbocycles. The Hall–Kier alpha value is -0.810. The maximum atomic E-state index is 11.5. The topological polar surface area (TPSA) is 54.9 Å². The fourth-order valence-corrected chi connectivity index (χ4v) is 1.47. The Kier molecular flexibility index (Phi) is 5.42. The Morgan fingerprint density at radius 3 is 2.93 bits per heavy atom. The van der Waals surface area contributed by atoms with E-state index in [1.54, 1.807) is 11.8 Å². The van der Waals surface area contributed by atoms with E-state index in [4.69, 9.17) is 11.6 Å². The number of amides is 1. The zero-order valence-electron chi connectivity index (χ0n) is 8.36. The highest BCUT2D eigenvalue weighted by Gasteiger charge is 2.06. The molecule has 6 heteroatoms. The highest BCUT2D eigenvalue weighted by atomic mass is 35.5. The van der Waals surface area contributed by atoms with E-state index in [-0.39, 0.29) is 11.1 Å². The summed E-state index contributed by atoms with van der Waals surface area (Å²) in [6.07, 6.45) is 5.71. The van der Waals surface area contributed by atoms with Gasteiger partial charge >= 0.3 is 0 Å². The molecule has 1 aromatic rings. The first-order valence-electron chi connectivity index (χ1n) is 4.48. The number of hydrogen-bond acceptors (Lipinski definition) is 4. The van der Waals surface area contributed by atoms with Gasteiger partial charge in [0.05, 0.1) is 12.4 Å². The number of halogens is 1. The maximum Gasteiger partial charge on any atom is 0.271 e. The number of aromatic nitrogens is 2. The maximum absolute atomic E-state index is 11.5. The molecule has 0 unspecified atom stereocenters. The summed E-state index contributed by atoms with van der Waals surface area (Å²) in [6.45, 7) is 0.657. The molecule has 1 N–H and O–H groups in total. The van der Waals surface area contributed by atoms with Crippen molar-refractivity contribution in [2.24, 2.45) is 0 Å². The van der Waals surface area contributed by atoms with Crippen LogP contribution in [0.5, 0.6) is 0 Å². The number of carbonyl (C=O) groups is 1. The molecule has 0 aliphatic carbocycles. The van der Waals surface area contributed by atoms with Crippen LogP contribution in [0.25, 0.3) is 0 Å². The SMILES string of the molecule is CSCCCNC(=O)c1cnc(Cl)cn1. The summed E-state index contributed by atoms with van der Waals surface area (Å²) in [5.41, 5.74) is 0.295. The van der Waals surface area contributed by atoms with Crippen LogP contribution in [-0.4, -0.2) is 34.4 Å². The molecular weight excluding hydrogens is 234 g/mol. The molecule has 0 fully saturated rings. The van der Waals surface area contributed by atoms with Crippen LogP contribution in [0, 0.1) is 0 Å². The molecule has 0 aliphatic rings. The fraction of sp³-hybridized carbons (Fsp3) is 0.444. The summed E-state index contributed by atoms with van der Waals surface area (Å²) >= 11 is 7.31. The molecule has 1 rings (SSSR count). The third-order valence-electron chi connectivity index (χ3n) is 1.66. The molecule has 1 amide bonds. The van der Waals surface area contributed by atoms with Crippen molar-refractivity contribution in [3.05, 3.63) is 23.2 Å². The Bertz CT molecular complexity index is 318. The molecule has 0 bridgehead atoms. The van der Waals surface area contributed by atoms with E-state index in [0.29, 0.717) is 12.2 Å². The number of nitrogens with zero attached hydrogens (tertiary/aromatic N) is 2. The van der Waals surface area contributed by atoms with Gasteiger partial charge in [-0.15, -0.1) is 0 Å². The molecule has 4 nitrogen and oxygen atoms in total. The second-order valence-corrected chi connectivity index (χ2v) is 4.20. The van der Waals surface area contributed by atoms with Gasteiger partial charge in [0.2, 0.25) is 0 Å². The molecule has 0 spiro atoms. The van der Waals surface area contributed by atoms with Gasteiger partial charge in [-0.1, -0.05) is 11.6 Å². The standard InChI is InChI=1S/C9H12ClN3OS/c1-15-4-2-3-11-9(14)7-5-13-8(10)6-12-7/h5-6H,2-4H2,1H3,(H,11,14). The average Bonchev–Trinajstić information content (AvgIpc) is 2.25. The molecule has 0 radical (unpaired) electrons. The first kappa shape index (κ1) is 12.3. The molecule has 1 aromatic heterocycles. The quantitative estimate of drug-likeness (QED) is 0.801. The van der Waals surface area contributed by atoms with Gasteiger partial charge in [-0.25, -0.2) is 9.97 Å². The van der Waals surface area contributed by atoms with Gasteiger partial charge < -0.3 is 5.32 Å². The Balaban J connectivity index is 2.37. The van der Waals surface area contributed by atoms with E-state index < -0.39 is 0 Å². The minimum Gasteiger partial charge on any atom is -0.351 e. The van der Waals surface area contributed by atoms with E-state index in [9.17, 15) is 4.79 Å². The van der Waals surface area contributed by atoms with Crippen molar-refractivity contribution in [3.63, 3.8) is 0 Å².